The average molecular weight is 286 g/mol. The first kappa shape index (κ1) is 17.6. The molecule has 0 bridgehead atoms. The average Bonchev–Trinajstić information content (AvgIpc) is 2.27. The van der Waals surface area contributed by atoms with E-state index in [2.05, 4.69) is 0 Å². The monoisotopic (exact) mass is 286 g/mol. The number of nitrogens with one attached hydrogen (secondary N) is 1. The molecule has 0 saturated carbocycles. The van der Waals surface area contributed by atoms with Crippen LogP contribution in [0.15, 0.2) is 0 Å². The Morgan fingerprint density at radius 3 is 2.32 bits per heavy atom. The summed E-state index contributed by atoms with van der Waals surface area (Å²) >= 11 is 0. The molecule has 0 radical (unpaired) electrons. The lowest BCUT2D eigenvalue weighted by Crippen LogP contribution is -2.64. The van der Waals surface area contributed by atoms with Gasteiger partial charge in [-0.2, -0.15) is 13.2 Å². The third-order valence-corrected chi connectivity index (χ3v) is 2.57. The molecule has 0 aliphatic carbocycles. The minimum Gasteiger partial charge on any atom is -0.479 e. The molecule has 0 heterocycles. The molecule has 0 aromatic heterocycles. The van der Waals surface area contributed by atoms with Gasteiger partial charge >= 0.3 is 12.1 Å². The highest BCUT2D eigenvalue weighted by molar-refractivity contribution is 5.89. The summed E-state index contributed by atoms with van der Waals surface area (Å²) in [6.07, 6.45) is -4.66. The first-order valence-corrected chi connectivity index (χ1v) is 5.43. The predicted octanol–water partition coefficient (Wildman–Crippen LogP) is 0.262. The number of aliphatic carboxylic acids is 1. The molecule has 9 heteroatoms. The quantitative estimate of drug-likeness (QED) is 0.583. The fourth-order valence-corrected chi connectivity index (χ4v) is 1.16. The zero-order valence-electron chi connectivity index (χ0n) is 10.6. The van der Waals surface area contributed by atoms with E-state index in [4.69, 9.17) is 15.6 Å². The van der Waals surface area contributed by atoms with Crippen LogP contribution >= 0.6 is 0 Å². The van der Waals surface area contributed by atoms with Gasteiger partial charge in [-0.15, -0.1) is 0 Å². The Hall–Kier alpha value is -1.35. The maximum absolute atomic E-state index is 12.6. The summed E-state index contributed by atoms with van der Waals surface area (Å²) in [7, 11) is 1.43. The van der Waals surface area contributed by atoms with Crippen LogP contribution in [0.2, 0.25) is 0 Å². The van der Waals surface area contributed by atoms with Gasteiger partial charge in [-0.25, -0.2) is 4.79 Å². The Balaban J connectivity index is 4.70. The molecule has 0 rings (SSSR count). The van der Waals surface area contributed by atoms with Crippen molar-refractivity contribution in [2.75, 3.05) is 13.7 Å². The lowest BCUT2D eigenvalue weighted by Gasteiger charge is -2.29. The lowest BCUT2D eigenvalue weighted by atomic mass is 10.0. The minimum atomic E-state index is -5.12. The van der Waals surface area contributed by atoms with Gasteiger partial charge in [0.25, 0.3) is 0 Å². The van der Waals surface area contributed by atoms with Crippen LogP contribution in [0.25, 0.3) is 0 Å². The van der Waals surface area contributed by atoms with Gasteiger partial charge in [0.05, 0.1) is 6.04 Å². The van der Waals surface area contributed by atoms with E-state index in [1.807, 2.05) is 0 Å². The Kier molecular flexibility index (Phi) is 6.23. The maximum atomic E-state index is 12.6. The second-order valence-electron chi connectivity index (χ2n) is 4.16. The number of halogens is 3. The molecular weight excluding hydrogens is 269 g/mol. The number of carbonyl (C=O) groups is 2. The van der Waals surface area contributed by atoms with Crippen LogP contribution in [-0.2, 0) is 14.3 Å². The molecule has 2 atom stereocenters. The van der Waals surface area contributed by atoms with Crippen LogP contribution in [0.3, 0.4) is 0 Å². The number of amides is 1. The molecule has 0 spiro atoms. The SMILES string of the molecule is COCCCC(N)C(=O)NC(C)(C(=O)O)C(F)(F)F. The number of alkyl halides is 3. The van der Waals surface area contributed by atoms with Crippen LogP contribution < -0.4 is 11.1 Å². The molecule has 1 amide bonds. The van der Waals surface area contributed by atoms with Gasteiger partial charge < -0.3 is 20.9 Å². The smallest absolute Gasteiger partial charge is 0.422 e. The predicted molar refractivity (Wildman–Crippen MR) is 59.3 cm³/mol. The molecule has 6 nitrogen and oxygen atoms in total. The van der Waals surface area contributed by atoms with E-state index in [1.165, 1.54) is 12.4 Å². The normalized spacial score (nSPS) is 16.5. The van der Waals surface area contributed by atoms with Gasteiger partial charge in [-0.1, -0.05) is 0 Å². The number of nitrogens with two attached hydrogens (primary N) is 1. The van der Waals surface area contributed by atoms with E-state index in [1.54, 1.807) is 0 Å². The summed E-state index contributed by atoms with van der Waals surface area (Å²) < 4.78 is 42.6. The summed E-state index contributed by atoms with van der Waals surface area (Å²) in [5, 5.41) is 10.0. The second-order valence-corrected chi connectivity index (χ2v) is 4.16. The molecule has 0 saturated heterocycles. The molecule has 0 aromatic carbocycles. The summed E-state index contributed by atoms with van der Waals surface area (Å²) in [6, 6.07) is -1.23. The van der Waals surface area contributed by atoms with Crippen molar-refractivity contribution < 1.29 is 32.6 Å². The minimum absolute atomic E-state index is 0.0905. The van der Waals surface area contributed by atoms with E-state index in [0.717, 1.165) is 0 Å². The lowest BCUT2D eigenvalue weighted by molar-refractivity contribution is -0.207. The highest BCUT2D eigenvalue weighted by Crippen LogP contribution is 2.30. The fraction of sp³-hybridized carbons (Fsp3) is 0.800. The van der Waals surface area contributed by atoms with Crippen LogP contribution in [0.5, 0.6) is 0 Å². The third-order valence-electron chi connectivity index (χ3n) is 2.57. The standard InChI is InChI=1S/C10H17F3N2O4/c1-9(8(17)18,10(11,12)13)15-7(16)6(14)4-3-5-19-2/h6H,3-5,14H2,1-2H3,(H,15,16)(H,17,18). The van der Waals surface area contributed by atoms with Crippen molar-refractivity contribution in [1.29, 1.82) is 0 Å². The number of carbonyl (C=O) groups excluding carboxylic acids is 1. The van der Waals surface area contributed by atoms with Gasteiger partial charge in [-0.05, 0) is 19.8 Å². The van der Waals surface area contributed by atoms with E-state index < -0.39 is 29.6 Å². The fourth-order valence-electron chi connectivity index (χ4n) is 1.16. The highest BCUT2D eigenvalue weighted by atomic mass is 19.4. The van der Waals surface area contributed by atoms with Crippen LogP contribution in [-0.4, -0.2) is 48.5 Å². The maximum Gasteiger partial charge on any atom is 0.422 e. The Labute approximate surface area is 108 Å². The number of methoxy groups -OCH3 is 1. The van der Waals surface area contributed by atoms with Crippen molar-refractivity contribution in [3.05, 3.63) is 0 Å². The van der Waals surface area contributed by atoms with Crippen LogP contribution in [0.4, 0.5) is 13.2 Å². The molecular formula is C10H17F3N2O4. The number of carboxylic acids is 1. The Morgan fingerprint density at radius 2 is 1.95 bits per heavy atom. The van der Waals surface area contributed by atoms with Crippen molar-refractivity contribution in [3.8, 4) is 0 Å². The first-order chi connectivity index (χ1) is 8.56. The molecule has 0 aromatic rings. The van der Waals surface area contributed by atoms with Crippen molar-refractivity contribution in [1.82, 2.24) is 5.32 Å². The summed E-state index contributed by atoms with van der Waals surface area (Å²) in [4.78, 5) is 22.2. The Morgan fingerprint density at radius 1 is 1.42 bits per heavy atom. The van der Waals surface area contributed by atoms with E-state index in [0.29, 0.717) is 20.0 Å². The van der Waals surface area contributed by atoms with Gasteiger partial charge in [0.15, 0.2) is 0 Å². The molecule has 2 unspecified atom stereocenters. The number of rotatable bonds is 7. The largest absolute Gasteiger partial charge is 0.479 e. The van der Waals surface area contributed by atoms with Crippen LogP contribution in [0, 0.1) is 0 Å². The zero-order chi connectivity index (χ0) is 15.3. The first-order valence-electron chi connectivity index (χ1n) is 5.43. The third kappa shape index (κ3) is 4.67. The molecule has 0 aliphatic heterocycles. The van der Waals surface area contributed by atoms with Gasteiger partial charge in [-0.3, -0.25) is 4.79 Å². The summed E-state index contributed by atoms with van der Waals surface area (Å²) in [6.45, 7) is 0.672. The summed E-state index contributed by atoms with van der Waals surface area (Å²) in [5.41, 5.74) is 2.02. The van der Waals surface area contributed by atoms with Gasteiger partial charge in [0, 0.05) is 13.7 Å². The van der Waals surface area contributed by atoms with Gasteiger partial charge in [0.2, 0.25) is 11.4 Å². The summed E-state index contributed by atoms with van der Waals surface area (Å²) in [5.74, 6) is -3.37. The molecule has 112 valence electrons. The van der Waals surface area contributed by atoms with E-state index >= 15 is 0 Å². The molecule has 0 fully saturated rings. The number of hydrogen-bond donors (Lipinski definition) is 3. The van der Waals surface area contributed by atoms with E-state index in [9.17, 15) is 22.8 Å². The van der Waals surface area contributed by atoms with Crippen molar-refractivity contribution in [2.45, 2.75) is 37.5 Å². The van der Waals surface area contributed by atoms with Crippen molar-refractivity contribution in [3.63, 3.8) is 0 Å². The number of hydrogen-bond acceptors (Lipinski definition) is 4. The highest BCUT2D eigenvalue weighted by Gasteiger charge is 2.58. The molecule has 4 N–H and O–H groups in total. The van der Waals surface area contributed by atoms with E-state index in [-0.39, 0.29) is 6.42 Å². The Bertz CT molecular complexity index is 335. The number of ether oxygens (including phenoxy) is 1. The van der Waals surface area contributed by atoms with Crippen molar-refractivity contribution in [2.24, 2.45) is 5.73 Å². The second kappa shape index (κ2) is 6.71. The van der Waals surface area contributed by atoms with Crippen LogP contribution in [0.1, 0.15) is 19.8 Å². The molecule has 19 heavy (non-hydrogen) atoms. The van der Waals surface area contributed by atoms with Crippen molar-refractivity contribution >= 4 is 11.9 Å². The zero-order valence-corrected chi connectivity index (χ0v) is 10.6. The topological polar surface area (TPSA) is 102 Å². The number of carboxylic acid groups (broad SMARTS) is 1. The molecule has 0 aliphatic rings. The van der Waals surface area contributed by atoms with Gasteiger partial charge in [0.1, 0.15) is 0 Å².